The molecule has 0 aliphatic carbocycles. The van der Waals surface area contributed by atoms with Gasteiger partial charge in [0.25, 0.3) is 0 Å². The summed E-state index contributed by atoms with van der Waals surface area (Å²) in [6, 6.07) is 5.22. The molecule has 6 nitrogen and oxygen atoms in total. The van der Waals surface area contributed by atoms with E-state index in [0.29, 0.717) is 35.9 Å². The first-order valence-corrected chi connectivity index (χ1v) is 9.61. The van der Waals surface area contributed by atoms with Crippen LogP contribution in [0.4, 0.5) is 4.39 Å². The van der Waals surface area contributed by atoms with Gasteiger partial charge in [-0.1, -0.05) is 0 Å². The number of hydrogen-bond donors (Lipinski definition) is 2. The van der Waals surface area contributed by atoms with Crippen LogP contribution in [0.2, 0.25) is 0 Å². The van der Waals surface area contributed by atoms with Crippen molar-refractivity contribution in [3.05, 3.63) is 35.8 Å². The molecule has 1 aliphatic heterocycles. The molecule has 1 aliphatic rings. The van der Waals surface area contributed by atoms with Crippen molar-refractivity contribution in [2.45, 2.75) is 31.8 Å². The van der Waals surface area contributed by atoms with Gasteiger partial charge in [-0.2, -0.15) is 0 Å². The van der Waals surface area contributed by atoms with Crippen LogP contribution < -0.4 is 10.1 Å². The molecule has 0 amide bonds. The number of ether oxygens (including phenoxy) is 2. The van der Waals surface area contributed by atoms with Gasteiger partial charge in [0.15, 0.2) is 0 Å². The average Bonchev–Trinajstić information content (AvgIpc) is 2.72. The van der Waals surface area contributed by atoms with Crippen molar-refractivity contribution in [1.29, 1.82) is 0 Å². The number of piperidine rings is 1. The van der Waals surface area contributed by atoms with E-state index in [1.54, 1.807) is 25.3 Å². The maximum absolute atomic E-state index is 14.5. The number of pyridine rings is 1. The lowest BCUT2D eigenvalue weighted by Crippen LogP contribution is -2.38. The van der Waals surface area contributed by atoms with Crippen LogP contribution in [0.1, 0.15) is 37.4 Å². The Labute approximate surface area is 188 Å². The number of rotatable bonds is 7. The number of methoxy groups -OCH3 is 2. The second kappa shape index (κ2) is 12.2. The van der Waals surface area contributed by atoms with E-state index in [4.69, 9.17) is 9.47 Å². The van der Waals surface area contributed by atoms with E-state index in [1.165, 1.54) is 7.11 Å². The molecular weight excluding hydrogens is 434 g/mol. The van der Waals surface area contributed by atoms with E-state index in [9.17, 15) is 14.3 Å². The zero-order valence-corrected chi connectivity index (χ0v) is 18.7. The highest BCUT2D eigenvalue weighted by Gasteiger charge is 2.28. The van der Waals surface area contributed by atoms with Crippen LogP contribution in [0.15, 0.2) is 24.4 Å². The maximum atomic E-state index is 14.5. The lowest BCUT2D eigenvalue weighted by atomic mass is 9.80. The number of nitrogens with one attached hydrogen (secondary N) is 1. The fraction of sp³-hybridized carbons (Fsp3) is 0.524. The Bertz CT molecular complexity index is 840. The summed E-state index contributed by atoms with van der Waals surface area (Å²) in [6.45, 7) is 1.63. The van der Waals surface area contributed by atoms with Crippen LogP contribution >= 0.6 is 24.8 Å². The summed E-state index contributed by atoms with van der Waals surface area (Å²) < 4.78 is 24.6. The highest BCUT2D eigenvalue weighted by atomic mass is 35.5. The second-order valence-electron chi connectivity index (χ2n) is 7.29. The quantitative estimate of drug-likeness (QED) is 0.608. The van der Waals surface area contributed by atoms with E-state index >= 15 is 0 Å². The van der Waals surface area contributed by atoms with Gasteiger partial charge in [-0.15, -0.1) is 24.8 Å². The lowest BCUT2D eigenvalue weighted by molar-refractivity contribution is -0.142. The lowest BCUT2D eigenvalue weighted by Gasteiger charge is -2.32. The number of nitrogens with zero attached hydrogens (tertiary/aromatic N) is 1. The number of carbonyl (C=O) groups is 1. The summed E-state index contributed by atoms with van der Waals surface area (Å²) in [5.41, 5.74) is 0.865. The van der Waals surface area contributed by atoms with Gasteiger partial charge in [-0.3, -0.25) is 9.78 Å². The summed E-state index contributed by atoms with van der Waals surface area (Å²) in [5.74, 6) is 0.278. The SMILES string of the molecule is COC(=O)CC1CNCCC1CCC(O)c1c(F)cnc2ccc(OC)cc12.Cl.Cl. The first-order valence-electron chi connectivity index (χ1n) is 9.61. The van der Waals surface area contributed by atoms with Crippen LogP contribution in [0, 0.1) is 17.7 Å². The molecule has 30 heavy (non-hydrogen) atoms. The number of esters is 1. The van der Waals surface area contributed by atoms with E-state index in [0.717, 1.165) is 25.7 Å². The first-order chi connectivity index (χ1) is 13.5. The van der Waals surface area contributed by atoms with Gasteiger partial charge in [0, 0.05) is 17.4 Å². The Morgan fingerprint density at radius 1 is 1.33 bits per heavy atom. The molecule has 0 spiro atoms. The molecule has 3 unspecified atom stereocenters. The summed E-state index contributed by atoms with van der Waals surface area (Å²) >= 11 is 0. The minimum Gasteiger partial charge on any atom is -0.497 e. The van der Waals surface area contributed by atoms with Gasteiger partial charge in [0.1, 0.15) is 11.6 Å². The third-order valence-corrected chi connectivity index (χ3v) is 5.63. The number of carbonyl (C=O) groups excluding carboxylic acids is 1. The fourth-order valence-electron chi connectivity index (χ4n) is 4.04. The van der Waals surface area contributed by atoms with Gasteiger partial charge < -0.3 is 19.9 Å². The molecule has 2 aromatic rings. The van der Waals surface area contributed by atoms with Gasteiger partial charge in [-0.25, -0.2) is 4.39 Å². The number of benzene rings is 1. The van der Waals surface area contributed by atoms with E-state index in [1.807, 2.05) is 0 Å². The Hall–Kier alpha value is -1.67. The molecule has 3 atom stereocenters. The molecular formula is C21H29Cl2FN2O4. The van der Waals surface area contributed by atoms with Crippen LogP contribution in [0.3, 0.4) is 0 Å². The van der Waals surface area contributed by atoms with E-state index in [-0.39, 0.29) is 48.2 Å². The van der Waals surface area contributed by atoms with Crippen molar-refractivity contribution >= 4 is 41.7 Å². The van der Waals surface area contributed by atoms with Crippen LogP contribution in [0.25, 0.3) is 10.9 Å². The van der Waals surface area contributed by atoms with Gasteiger partial charge in [0.05, 0.1) is 32.0 Å². The Kier molecular flexibility index (Phi) is 10.8. The van der Waals surface area contributed by atoms with Crippen molar-refractivity contribution in [3.63, 3.8) is 0 Å². The number of fused-ring (bicyclic) bond motifs is 1. The highest BCUT2D eigenvalue weighted by Crippen LogP contribution is 2.34. The van der Waals surface area contributed by atoms with Gasteiger partial charge >= 0.3 is 5.97 Å². The molecule has 0 bridgehead atoms. The zero-order chi connectivity index (χ0) is 20.1. The number of aliphatic hydroxyl groups is 1. The number of halogens is 3. The maximum Gasteiger partial charge on any atom is 0.305 e. The summed E-state index contributed by atoms with van der Waals surface area (Å²) in [7, 11) is 2.94. The third kappa shape index (κ3) is 6.17. The van der Waals surface area contributed by atoms with Crippen molar-refractivity contribution < 1.29 is 23.8 Å². The van der Waals surface area contributed by atoms with Crippen molar-refractivity contribution in [2.75, 3.05) is 27.3 Å². The number of aromatic nitrogens is 1. The van der Waals surface area contributed by atoms with Gasteiger partial charge in [-0.05, 0) is 62.4 Å². The molecule has 9 heteroatoms. The van der Waals surface area contributed by atoms with Gasteiger partial charge in [0.2, 0.25) is 0 Å². The molecule has 2 N–H and O–H groups in total. The topological polar surface area (TPSA) is 80.7 Å². The monoisotopic (exact) mass is 462 g/mol. The Morgan fingerprint density at radius 3 is 2.80 bits per heavy atom. The molecule has 2 heterocycles. The molecule has 1 saturated heterocycles. The summed E-state index contributed by atoms with van der Waals surface area (Å²) in [6.07, 6.45) is 2.59. The van der Waals surface area contributed by atoms with Crippen molar-refractivity contribution in [3.8, 4) is 5.75 Å². The Morgan fingerprint density at radius 2 is 2.10 bits per heavy atom. The van der Waals surface area contributed by atoms with E-state index in [2.05, 4.69) is 10.3 Å². The Balaban J connectivity index is 0.00000225. The molecule has 1 aromatic carbocycles. The van der Waals surface area contributed by atoms with Crippen molar-refractivity contribution in [2.24, 2.45) is 11.8 Å². The molecule has 0 saturated carbocycles. The molecule has 0 radical (unpaired) electrons. The fourth-order valence-corrected chi connectivity index (χ4v) is 4.04. The van der Waals surface area contributed by atoms with Crippen LogP contribution in [0.5, 0.6) is 5.75 Å². The zero-order valence-electron chi connectivity index (χ0n) is 17.1. The average molecular weight is 463 g/mol. The minimum absolute atomic E-state index is 0. The molecule has 3 rings (SSSR count). The molecule has 1 aromatic heterocycles. The van der Waals surface area contributed by atoms with Crippen LogP contribution in [-0.4, -0.2) is 43.4 Å². The summed E-state index contributed by atoms with van der Waals surface area (Å²) in [4.78, 5) is 15.8. The second-order valence-corrected chi connectivity index (χ2v) is 7.29. The van der Waals surface area contributed by atoms with Crippen molar-refractivity contribution in [1.82, 2.24) is 10.3 Å². The predicted molar refractivity (Wildman–Crippen MR) is 118 cm³/mol. The summed E-state index contributed by atoms with van der Waals surface area (Å²) in [5, 5.41) is 14.7. The highest BCUT2D eigenvalue weighted by molar-refractivity contribution is 5.86. The minimum atomic E-state index is -0.953. The normalized spacial score (nSPS) is 19.3. The van der Waals surface area contributed by atoms with Crippen LogP contribution in [-0.2, 0) is 9.53 Å². The smallest absolute Gasteiger partial charge is 0.305 e. The third-order valence-electron chi connectivity index (χ3n) is 5.63. The number of aliphatic hydroxyl groups excluding tert-OH is 1. The standard InChI is InChI=1S/C21H27FN2O4.2ClH/c1-27-15-4-5-18-16(10-15)21(17(22)12-24-18)19(25)6-3-13-7-8-23-11-14(13)9-20(26)28-2;;/h4-5,10,12-14,19,23,25H,3,6-9,11H2,1-2H3;2*1H. The largest absolute Gasteiger partial charge is 0.497 e. The predicted octanol–water partition coefficient (Wildman–Crippen LogP) is 3.83. The van der Waals surface area contributed by atoms with E-state index < -0.39 is 11.9 Å². The number of hydrogen-bond acceptors (Lipinski definition) is 6. The molecule has 168 valence electrons. The molecule has 1 fully saturated rings. The first kappa shape index (κ1) is 26.4.